The second kappa shape index (κ2) is 6.76. The normalized spacial score (nSPS) is 10.9. The van der Waals surface area contributed by atoms with E-state index >= 15 is 0 Å². The van der Waals surface area contributed by atoms with Crippen LogP contribution in [-0.4, -0.2) is 29.0 Å². The molecule has 0 aromatic carbocycles. The van der Waals surface area contributed by atoms with E-state index < -0.39 is 0 Å². The van der Waals surface area contributed by atoms with Gasteiger partial charge in [-0.05, 0) is 36.7 Å². The smallest absolute Gasteiger partial charge is 0.283 e. The maximum absolute atomic E-state index is 11.7. The fraction of sp³-hybridized carbons (Fsp3) is 0.636. The topological polar surface area (TPSA) is 56.1 Å². The van der Waals surface area contributed by atoms with Crippen molar-refractivity contribution in [2.45, 2.75) is 33.4 Å². The van der Waals surface area contributed by atoms with Crippen molar-refractivity contribution in [3.63, 3.8) is 0 Å². The molecule has 0 bridgehead atoms. The first-order valence-electron chi connectivity index (χ1n) is 5.67. The average molecular weight is 304 g/mol. The predicted octanol–water partition coefficient (Wildman–Crippen LogP) is 1.86. The van der Waals surface area contributed by atoms with E-state index in [4.69, 9.17) is 4.74 Å². The van der Waals surface area contributed by atoms with E-state index in [1.807, 2.05) is 20.8 Å². The Bertz CT molecular complexity index is 418. The minimum absolute atomic E-state index is 0.123. The van der Waals surface area contributed by atoms with Gasteiger partial charge in [0.2, 0.25) is 0 Å². The SMILES string of the molecule is CCn1ncc(NCCOC(C)C)c(Br)c1=O. The van der Waals surface area contributed by atoms with E-state index in [1.54, 1.807) is 6.20 Å². The van der Waals surface area contributed by atoms with Gasteiger partial charge in [-0.3, -0.25) is 4.79 Å². The average Bonchev–Trinajstić information content (AvgIpc) is 2.29. The fourth-order valence-electron chi connectivity index (χ4n) is 1.29. The van der Waals surface area contributed by atoms with Gasteiger partial charge in [-0.15, -0.1) is 0 Å². The maximum Gasteiger partial charge on any atom is 0.283 e. The van der Waals surface area contributed by atoms with Crippen molar-refractivity contribution in [3.8, 4) is 0 Å². The first kappa shape index (κ1) is 14.2. The molecule has 0 atom stereocenters. The summed E-state index contributed by atoms with van der Waals surface area (Å²) >= 11 is 3.28. The number of nitrogens with one attached hydrogen (secondary N) is 1. The van der Waals surface area contributed by atoms with Gasteiger partial charge in [0, 0.05) is 13.1 Å². The second-order valence-corrected chi connectivity index (χ2v) is 4.63. The highest BCUT2D eigenvalue weighted by Gasteiger charge is 2.07. The van der Waals surface area contributed by atoms with Crippen molar-refractivity contribution in [1.82, 2.24) is 9.78 Å². The van der Waals surface area contributed by atoms with Gasteiger partial charge >= 0.3 is 0 Å². The monoisotopic (exact) mass is 303 g/mol. The molecular weight excluding hydrogens is 286 g/mol. The zero-order valence-electron chi connectivity index (χ0n) is 10.4. The fourth-order valence-corrected chi connectivity index (χ4v) is 1.74. The molecule has 0 amide bonds. The molecule has 0 fully saturated rings. The molecular formula is C11H18BrN3O2. The molecule has 5 nitrogen and oxygen atoms in total. The van der Waals surface area contributed by atoms with Crippen LogP contribution >= 0.6 is 15.9 Å². The van der Waals surface area contributed by atoms with Crippen molar-refractivity contribution < 1.29 is 4.74 Å². The highest BCUT2D eigenvalue weighted by molar-refractivity contribution is 9.10. The Morgan fingerprint density at radius 3 is 2.88 bits per heavy atom. The van der Waals surface area contributed by atoms with Gasteiger partial charge in [0.15, 0.2) is 0 Å². The van der Waals surface area contributed by atoms with Crippen LogP contribution in [0.3, 0.4) is 0 Å². The van der Waals surface area contributed by atoms with Gasteiger partial charge in [0.05, 0.1) is 24.6 Å². The van der Waals surface area contributed by atoms with Crippen molar-refractivity contribution in [1.29, 1.82) is 0 Å². The molecule has 17 heavy (non-hydrogen) atoms. The molecule has 0 unspecified atom stereocenters. The van der Waals surface area contributed by atoms with Crippen molar-refractivity contribution in [2.75, 3.05) is 18.5 Å². The molecule has 0 spiro atoms. The van der Waals surface area contributed by atoms with Gasteiger partial charge in [-0.1, -0.05) is 0 Å². The number of aromatic nitrogens is 2. The molecule has 6 heteroatoms. The Kier molecular flexibility index (Phi) is 5.64. The summed E-state index contributed by atoms with van der Waals surface area (Å²) in [6.07, 6.45) is 1.86. The summed E-state index contributed by atoms with van der Waals surface area (Å²) in [5.41, 5.74) is 0.578. The summed E-state index contributed by atoms with van der Waals surface area (Å²) < 4.78 is 7.31. The summed E-state index contributed by atoms with van der Waals surface area (Å²) in [6, 6.07) is 0. The number of nitrogens with zero attached hydrogens (tertiary/aromatic N) is 2. The number of aryl methyl sites for hydroxylation is 1. The van der Waals surface area contributed by atoms with Gasteiger partial charge in [-0.2, -0.15) is 5.10 Å². The Labute approximate surface area is 109 Å². The Balaban J connectivity index is 2.61. The molecule has 0 radical (unpaired) electrons. The van der Waals surface area contributed by atoms with Crippen LogP contribution < -0.4 is 10.9 Å². The number of hydrogen-bond acceptors (Lipinski definition) is 4. The molecule has 1 aromatic heterocycles. The maximum atomic E-state index is 11.7. The number of rotatable bonds is 6. The van der Waals surface area contributed by atoms with Crippen LogP contribution in [0.5, 0.6) is 0 Å². The Hall–Kier alpha value is -0.880. The first-order chi connectivity index (χ1) is 8.06. The first-order valence-corrected chi connectivity index (χ1v) is 6.46. The minimum atomic E-state index is -0.123. The van der Waals surface area contributed by atoms with Crippen LogP contribution in [0.4, 0.5) is 5.69 Å². The lowest BCUT2D eigenvalue weighted by atomic mass is 10.4. The number of ether oxygens (including phenoxy) is 1. The number of hydrogen-bond donors (Lipinski definition) is 1. The van der Waals surface area contributed by atoms with E-state index in [-0.39, 0.29) is 11.7 Å². The zero-order valence-corrected chi connectivity index (χ0v) is 12.0. The van der Waals surface area contributed by atoms with Crippen LogP contribution in [0.15, 0.2) is 15.5 Å². The molecule has 0 saturated carbocycles. The van der Waals surface area contributed by atoms with Crippen LogP contribution in [0.2, 0.25) is 0 Å². The van der Waals surface area contributed by atoms with E-state index in [1.165, 1.54) is 4.68 Å². The highest BCUT2D eigenvalue weighted by Crippen LogP contribution is 2.15. The van der Waals surface area contributed by atoms with Crippen LogP contribution in [0.1, 0.15) is 20.8 Å². The zero-order chi connectivity index (χ0) is 12.8. The number of halogens is 1. The van der Waals surface area contributed by atoms with E-state index in [9.17, 15) is 4.79 Å². The summed E-state index contributed by atoms with van der Waals surface area (Å²) in [5, 5.41) is 7.15. The molecule has 96 valence electrons. The molecule has 1 heterocycles. The van der Waals surface area contributed by atoms with Gasteiger partial charge in [0.25, 0.3) is 5.56 Å². The summed E-state index contributed by atoms with van der Waals surface area (Å²) in [4.78, 5) is 11.7. The highest BCUT2D eigenvalue weighted by atomic mass is 79.9. The van der Waals surface area contributed by atoms with Crippen LogP contribution in [-0.2, 0) is 11.3 Å². The Morgan fingerprint density at radius 1 is 1.59 bits per heavy atom. The third-order valence-corrected chi connectivity index (χ3v) is 2.92. The third-order valence-electron chi connectivity index (χ3n) is 2.15. The minimum Gasteiger partial charge on any atom is -0.380 e. The van der Waals surface area contributed by atoms with E-state index in [2.05, 4.69) is 26.3 Å². The van der Waals surface area contributed by atoms with Gasteiger partial charge in [0.1, 0.15) is 4.47 Å². The largest absolute Gasteiger partial charge is 0.380 e. The quantitative estimate of drug-likeness (QED) is 0.815. The summed E-state index contributed by atoms with van der Waals surface area (Å²) in [5.74, 6) is 0. The lowest BCUT2D eigenvalue weighted by Crippen LogP contribution is -2.24. The molecule has 1 rings (SSSR count). The second-order valence-electron chi connectivity index (χ2n) is 3.84. The summed E-state index contributed by atoms with van der Waals surface area (Å²) in [7, 11) is 0. The molecule has 1 N–H and O–H groups in total. The van der Waals surface area contributed by atoms with Crippen LogP contribution in [0, 0.1) is 0 Å². The van der Waals surface area contributed by atoms with Crippen LogP contribution in [0.25, 0.3) is 0 Å². The number of anilines is 1. The molecule has 0 aliphatic heterocycles. The lowest BCUT2D eigenvalue weighted by molar-refractivity contribution is 0.0870. The molecule has 0 saturated heterocycles. The van der Waals surface area contributed by atoms with Gasteiger partial charge < -0.3 is 10.1 Å². The molecule has 0 aliphatic rings. The standard InChI is InChI=1S/C11H18BrN3O2/c1-4-15-11(16)10(12)9(7-14-15)13-5-6-17-8(2)3/h7-8,13H,4-6H2,1-3H3. The molecule has 1 aromatic rings. The van der Waals surface area contributed by atoms with Gasteiger partial charge in [-0.25, -0.2) is 4.68 Å². The van der Waals surface area contributed by atoms with Crippen molar-refractivity contribution in [3.05, 3.63) is 21.0 Å². The van der Waals surface area contributed by atoms with Crippen molar-refractivity contribution >= 4 is 21.6 Å². The predicted molar refractivity (Wildman–Crippen MR) is 71.4 cm³/mol. The Morgan fingerprint density at radius 2 is 2.29 bits per heavy atom. The van der Waals surface area contributed by atoms with Crippen molar-refractivity contribution in [2.24, 2.45) is 0 Å². The van der Waals surface area contributed by atoms with E-state index in [0.29, 0.717) is 29.9 Å². The summed E-state index contributed by atoms with van der Waals surface area (Å²) in [6.45, 7) is 7.66. The lowest BCUT2D eigenvalue weighted by Gasteiger charge is -2.11. The molecule has 0 aliphatic carbocycles. The third kappa shape index (κ3) is 4.12. The van der Waals surface area contributed by atoms with E-state index in [0.717, 1.165) is 0 Å².